The number of benzene rings is 1. The van der Waals surface area contributed by atoms with Crippen LogP contribution in [-0.2, 0) is 19.4 Å². The fourth-order valence-corrected chi connectivity index (χ4v) is 3.80. The molecule has 0 spiro atoms. The van der Waals surface area contributed by atoms with Gasteiger partial charge in [0.2, 0.25) is 0 Å². The molecule has 2 aromatic rings. The van der Waals surface area contributed by atoms with Crippen LogP contribution in [0.4, 0.5) is 10.1 Å². The summed E-state index contributed by atoms with van der Waals surface area (Å²) < 4.78 is 14.4. The highest BCUT2D eigenvalue weighted by atomic mass is 19.1. The van der Waals surface area contributed by atoms with Gasteiger partial charge in [-0.3, -0.25) is 0 Å². The number of rotatable bonds is 4. The molecule has 23 heavy (non-hydrogen) atoms. The molecular formula is C18H23FN4. The van der Waals surface area contributed by atoms with E-state index in [2.05, 4.69) is 26.3 Å². The molecular weight excluding hydrogens is 291 g/mol. The molecule has 1 aliphatic carbocycles. The van der Waals surface area contributed by atoms with E-state index in [1.807, 2.05) is 6.07 Å². The van der Waals surface area contributed by atoms with Gasteiger partial charge >= 0.3 is 0 Å². The minimum absolute atomic E-state index is 0.0973. The molecule has 2 aliphatic rings. The number of nitrogens with zero attached hydrogens (tertiary/aromatic N) is 2. The fourth-order valence-electron chi connectivity index (χ4n) is 3.80. The Morgan fingerprint density at radius 2 is 2.17 bits per heavy atom. The van der Waals surface area contributed by atoms with Crippen LogP contribution in [0.15, 0.2) is 24.5 Å². The summed E-state index contributed by atoms with van der Waals surface area (Å²) in [6.45, 7) is 2.67. The molecule has 2 N–H and O–H groups in total. The van der Waals surface area contributed by atoms with Gasteiger partial charge in [0.25, 0.3) is 0 Å². The number of halogens is 1. The molecule has 1 aliphatic heterocycles. The minimum atomic E-state index is -0.0973. The van der Waals surface area contributed by atoms with Gasteiger partial charge in [0.15, 0.2) is 0 Å². The van der Waals surface area contributed by atoms with Crippen molar-refractivity contribution in [1.82, 2.24) is 15.3 Å². The van der Waals surface area contributed by atoms with Gasteiger partial charge in [-0.05, 0) is 37.8 Å². The van der Waals surface area contributed by atoms with E-state index in [4.69, 9.17) is 0 Å². The van der Waals surface area contributed by atoms with Gasteiger partial charge in [0.1, 0.15) is 5.82 Å². The molecule has 1 saturated heterocycles. The number of aromatic nitrogens is 2. The quantitative estimate of drug-likeness (QED) is 0.912. The molecule has 1 unspecified atom stereocenters. The highest BCUT2D eigenvalue weighted by Gasteiger charge is 2.22. The minimum Gasteiger partial charge on any atom is -0.371 e. The van der Waals surface area contributed by atoms with Crippen LogP contribution in [0.2, 0.25) is 0 Å². The molecule has 1 fully saturated rings. The predicted molar refractivity (Wildman–Crippen MR) is 89.1 cm³/mol. The normalized spacial score (nSPS) is 20.7. The molecule has 2 heterocycles. The molecule has 1 aromatic heterocycles. The SMILES string of the molecule is Fc1cccc(N2CCCC2)c1CNC1CCc2nc[nH]c2C1. The maximum absolute atomic E-state index is 14.4. The molecule has 4 rings (SSSR count). The number of fused-ring (bicyclic) bond motifs is 1. The summed E-state index contributed by atoms with van der Waals surface area (Å²) in [4.78, 5) is 9.87. The van der Waals surface area contributed by atoms with E-state index in [1.165, 1.54) is 24.2 Å². The second kappa shape index (κ2) is 6.32. The van der Waals surface area contributed by atoms with Crippen molar-refractivity contribution in [2.75, 3.05) is 18.0 Å². The molecule has 0 bridgehead atoms. The van der Waals surface area contributed by atoms with E-state index in [9.17, 15) is 4.39 Å². The predicted octanol–water partition coefficient (Wildman–Crippen LogP) is 2.80. The number of aryl methyl sites for hydroxylation is 1. The first-order chi connectivity index (χ1) is 11.3. The highest BCUT2D eigenvalue weighted by molar-refractivity contribution is 5.54. The molecule has 1 atom stereocenters. The third-order valence-corrected chi connectivity index (χ3v) is 5.10. The first kappa shape index (κ1) is 14.7. The molecule has 5 heteroatoms. The van der Waals surface area contributed by atoms with Gasteiger partial charge in [-0.25, -0.2) is 9.37 Å². The topological polar surface area (TPSA) is 44.0 Å². The van der Waals surface area contributed by atoms with E-state index in [-0.39, 0.29) is 5.82 Å². The van der Waals surface area contributed by atoms with E-state index >= 15 is 0 Å². The summed E-state index contributed by atoms with van der Waals surface area (Å²) >= 11 is 0. The van der Waals surface area contributed by atoms with Crippen LogP contribution in [0.25, 0.3) is 0 Å². The lowest BCUT2D eigenvalue weighted by Crippen LogP contribution is -2.35. The first-order valence-corrected chi connectivity index (χ1v) is 8.58. The zero-order valence-corrected chi connectivity index (χ0v) is 13.3. The lowest BCUT2D eigenvalue weighted by atomic mass is 9.96. The summed E-state index contributed by atoms with van der Waals surface area (Å²) in [5.41, 5.74) is 4.28. The average Bonchev–Trinajstić information content (AvgIpc) is 3.24. The maximum atomic E-state index is 14.4. The highest BCUT2D eigenvalue weighted by Crippen LogP contribution is 2.27. The van der Waals surface area contributed by atoms with Crippen molar-refractivity contribution in [3.63, 3.8) is 0 Å². The zero-order valence-electron chi connectivity index (χ0n) is 13.3. The molecule has 1 aromatic carbocycles. The van der Waals surface area contributed by atoms with Crippen molar-refractivity contribution >= 4 is 5.69 Å². The van der Waals surface area contributed by atoms with Crippen LogP contribution in [-0.4, -0.2) is 29.1 Å². The summed E-state index contributed by atoms with van der Waals surface area (Å²) in [7, 11) is 0. The van der Waals surface area contributed by atoms with Crippen molar-refractivity contribution in [1.29, 1.82) is 0 Å². The number of aromatic amines is 1. The largest absolute Gasteiger partial charge is 0.371 e. The molecule has 0 amide bonds. The molecule has 4 nitrogen and oxygen atoms in total. The Bertz CT molecular complexity index is 675. The van der Waals surface area contributed by atoms with Crippen LogP contribution in [0, 0.1) is 5.82 Å². The van der Waals surface area contributed by atoms with Crippen molar-refractivity contribution in [2.45, 2.75) is 44.7 Å². The van der Waals surface area contributed by atoms with Crippen molar-refractivity contribution < 1.29 is 4.39 Å². The number of hydrogen-bond acceptors (Lipinski definition) is 3. The number of anilines is 1. The monoisotopic (exact) mass is 314 g/mol. The number of hydrogen-bond donors (Lipinski definition) is 2. The van der Waals surface area contributed by atoms with Gasteiger partial charge in [-0.1, -0.05) is 6.07 Å². The Balaban J connectivity index is 1.47. The van der Waals surface area contributed by atoms with Crippen LogP contribution >= 0.6 is 0 Å². The Kier molecular flexibility index (Phi) is 4.04. The van der Waals surface area contributed by atoms with Crippen LogP contribution in [0.1, 0.15) is 36.2 Å². The van der Waals surface area contributed by atoms with Crippen molar-refractivity contribution in [3.05, 3.63) is 47.3 Å². The fraction of sp³-hybridized carbons (Fsp3) is 0.500. The Labute approximate surface area is 136 Å². The van der Waals surface area contributed by atoms with Gasteiger partial charge in [-0.2, -0.15) is 0 Å². The smallest absolute Gasteiger partial charge is 0.129 e. The van der Waals surface area contributed by atoms with Crippen molar-refractivity contribution in [3.8, 4) is 0 Å². The van der Waals surface area contributed by atoms with E-state index in [1.54, 1.807) is 12.4 Å². The van der Waals surface area contributed by atoms with E-state index < -0.39 is 0 Å². The summed E-state index contributed by atoms with van der Waals surface area (Å²) in [6.07, 6.45) is 7.18. The zero-order chi connectivity index (χ0) is 15.6. The number of imidazole rings is 1. The second-order valence-corrected chi connectivity index (χ2v) is 6.58. The van der Waals surface area contributed by atoms with Gasteiger partial charge < -0.3 is 15.2 Å². The molecule has 0 saturated carbocycles. The third-order valence-electron chi connectivity index (χ3n) is 5.10. The van der Waals surface area contributed by atoms with Crippen molar-refractivity contribution in [2.24, 2.45) is 0 Å². The summed E-state index contributed by atoms with van der Waals surface area (Å²) in [6, 6.07) is 5.84. The van der Waals surface area contributed by atoms with Gasteiger partial charge in [0.05, 0.1) is 12.0 Å². The summed E-state index contributed by atoms with van der Waals surface area (Å²) in [5, 5.41) is 3.56. The van der Waals surface area contributed by atoms with Crippen LogP contribution in [0.3, 0.4) is 0 Å². The Hall–Kier alpha value is -1.88. The lowest BCUT2D eigenvalue weighted by Gasteiger charge is -2.25. The molecule has 0 radical (unpaired) electrons. The standard InChI is InChI=1S/C18H23FN4/c19-15-4-3-5-18(23-8-1-2-9-23)14(15)11-20-13-6-7-16-17(10-13)22-12-21-16/h3-5,12-13,20H,1-2,6-11H2,(H,21,22). The van der Waals surface area contributed by atoms with Gasteiger partial charge in [-0.15, -0.1) is 0 Å². The van der Waals surface area contributed by atoms with Gasteiger partial charge in [0, 0.05) is 49.0 Å². The third kappa shape index (κ3) is 2.98. The Morgan fingerprint density at radius 3 is 3.04 bits per heavy atom. The number of nitrogens with one attached hydrogen (secondary N) is 2. The maximum Gasteiger partial charge on any atom is 0.129 e. The lowest BCUT2D eigenvalue weighted by molar-refractivity contribution is 0.445. The number of H-pyrrole nitrogens is 1. The van der Waals surface area contributed by atoms with E-state index in [0.717, 1.165) is 43.6 Å². The Morgan fingerprint density at radius 1 is 1.30 bits per heavy atom. The van der Waals surface area contributed by atoms with Crippen LogP contribution in [0.5, 0.6) is 0 Å². The van der Waals surface area contributed by atoms with E-state index in [0.29, 0.717) is 12.6 Å². The second-order valence-electron chi connectivity index (χ2n) is 6.58. The van der Waals surface area contributed by atoms with Crippen LogP contribution < -0.4 is 10.2 Å². The first-order valence-electron chi connectivity index (χ1n) is 8.58. The molecule has 122 valence electrons. The average molecular weight is 314 g/mol. The summed E-state index contributed by atoms with van der Waals surface area (Å²) in [5.74, 6) is -0.0973.